The number of alkyl halides is 2. The second-order valence-corrected chi connectivity index (χ2v) is 4.40. The van der Waals surface area contributed by atoms with Gasteiger partial charge in [-0.1, -0.05) is 0 Å². The summed E-state index contributed by atoms with van der Waals surface area (Å²) in [6, 6.07) is 2.56. The number of nitrogens with zero attached hydrogens (tertiary/aromatic N) is 1. The normalized spacial score (nSPS) is 12.8. The first-order valence-corrected chi connectivity index (χ1v) is 5.98. The van der Waals surface area contributed by atoms with E-state index in [-0.39, 0.29) is 18.7 Å². The van der Waals surface area contributed by atoms with Crippen LogP contribution in [0.2, 0.25) is 0 Å². The van der Waals surface area contributed by atoms with Gasteiger partial charge in [-0.05, 0) is 31.5 Å². The molecule has 0 unspecified atom stereocenters. The van der Waals surface area contributed by atoms with Gasteiger partial charge in [0.15, 0.2) is 0 Å². The van der Waals surface area contributed by atoms with Crippen molar-refractivity contribution in [2.45, 2.75) is 26.4 Å². The molecular formula is C13H18F3NO2. The number of rotatable bonds is 6. The molecule has 0 saturated heterocycles. The highest BCUT2D eigenvalue weighted by Gasteiger charge is 2.19. The van der Waals surface area contributed by atoms with Gasteiger partial charge < -0.3 is 15.1 Å². The fourth-order valence-corrected chi connectivity index (χ4v) is 1.89. The zero-order chi connectivity index (χ0) is 14.6. The predicted molar refractivity (Wildman–Crippen MR) is 67.1 cm³/mol. The lowest BCUT2D eigenvalue weighted by Gasteiger charge is -2.27. The Hall–Kier alpha value is -1.27. The third kappa shape index (κ3) is 4.11. The minimum atomic E-state index is -2.58. The molecule has 0 saturated carbocycles. The van der Waals surface area contributed by atoms with Crippen molar-refractivity contribution in [1.82, 2.24) is 0 Å². The van der Waals surface area contributed by atoms with E-state index in [0.717, 1.165) is 6.07 Å². The third-order valence-electron chi connectivity index (χ3n) is 2.83. The van der Waals surface area contributed by atoms with Gasteiger partial charge in [-0.2, -0.15) is 0 Å². The Morgan fingerprint density at radius 1 is 1.32 bits per heavy atom. The summed E-state index contributed by atoms with van der Waals surface area (Å²) in [6.45, 7) is 2.07. The van der Waals surface area contributed by atoms with Crippen LogP contribution in [0.25, 0.3) is 0 Å². The summed E-state index contributed by atoms with van der Waals surface area (Å²) < 4.78 is 38.6. The van der Waals surface area contributed by atoms with Crippen molar-refractivity contribution >= 4 is 5.69 Å². The summed E-state index contributed by atoms with van der Waals surface area (Å²) in [5.41, 5.74) is 0.858. The topological polar surface area (TPSA) is 43.7 Å². The molecule has 2 N–H and O–H groups in total. The summed E-state index contributed by atoms with van der Waals surface area (Å²) in [6.07, 6.45) is -3.57. The SMILES string of the molecule is Cc1cc(N(CCO)CC(F)F)c([C@H](C)O)cc1F. The minimum absolute atomic E-state index is 0.00483. The maximum atomic E-state index is 13.5. The van der Waals surface area contributed by atoms with Crippen molar-refractivity contribution in [3.8, 4) is 0 Å². The third-order valence-corrected chi connectivity index (χ3v) is 2.83. The Balaban J connectivity index is 3.22. The molecule has 1 atom stereocenters. The largest absolute Gasteiger partial charge is 0.395 e. The van der Waals surface area contributed by atoms with Gasteiger partial charge in [-0.15, -0.1) is 0 Å². The maximum Gasteiger partial charge on any atom is 0.255 e. The highest BCUT2D eigenvalue weighted by Crippen LogP contribution is 2.29. The second-order valence-electron chi connectivity index (χ2n) is 4.40. The highest BCUT2D eigenvalue weighted by molar-refractivity contribution is 5.57. The van der Waals surface area contributed by atoms with Crippen LogP contribution in [-0.4, -0.2) is 36.3 Å². The molecular weight excluding hydrogens is 259 g/mol. The van der Waals surface area contributed by atoms with E-state index in [1.165, 1.54) is 24.8 Å². The van der Waals surface area contributed by atoms with E-state index in [4.69, 9.17) is 5.11 Å². The molecule has 0 radical (unpaired) electrons. The Bertz CT molecular complexity index is 425. The quantitative estimate of drug-likeness (QED) is 0.838. The van der Waals surface area contributed by atoms with E-state index in [2.05, 4.69) is 0 Å². The summed E-state index contributed by atoms with van der Waals surface area (Å²) in [7, 11) is 0. The molecule has 1 aromatic carbocycles. The number of aliphatic hydroxyl groups excluding tert-OH is 2. The summed E-state index contributed by atoms with van der Waals surface area (Å²) >= 11 is 0. The average Bonchev–Trinajstić information content (AvgIpc) is 2.30. The lowest BCUT2D eigenvalue weighted by atomic mass is 10.0. The van der Waals surface area contributed by atoms with E-state index in [1.807, 2.05) is 0 Å². The zero-order valence-electron chi connectivity index (χ0n) is 10.9. The number of benzene rings is 1. The van der Waals surface area contributed by atoms with Gasteiger partial charge in [0.25, 0.3) is 6.43 Å². The van der Waals surface area contributed by atoms with E-state index in [1.54, 1.807) is 0 Å². The molecule has 108 valence electrons. The molecule has 0 heterocycles. The van der Waals surface area contributed by atoms with Gasteiger partial charge in [0.05, 0.1) is 19.3 Å². The van der Waals surface area contributed by atoms with E-state index in [9.17, 15) is 18.3 Å². The predicted octanol–water partition coefficient (Wildman–Crippen LogP) is 2.25. The Kier molecular flexibility index (Phi) is 5.62. The van der Waals surface area contributed by atoms with Crippen molar-refractivity contribution in [2.75, 3.05) is 24.6 Å². The van der Waals surface area contributed by atoms with Crippen molar-refractivity contribution in [3.05, 3.63) is 29.1 Å². The Labute approximate surface area is 110 Å². The van der Waals surface area contributed by atoms with Crippen LogP contribution in [0.3, 0.4) is 0 Å². The molecule has 0 aromatic heterocycles. The minimum Gasteiger partial charge on any atom is -0.395 e. The fourth-order valence-electron chi connectivity index (χ4n) is 1.89. The molecule has 0 amide bonds. The van der Waals surface area contributed by atoms with Gasteiger partial charge in [0.1, 0.15) is 5.82 Å². The first-order valence-electron chi connectivity index (χ1n) is 5.98. The molecule has 0 aliphatic heterocycles. The van der Waals surface area contributed by atoms with Crippen molar-refractivity contribution in [1.29, 1.82) is 0 Å². The number of hydrogen-bond donors (Lipinski definition) is 2. The summed E-state index contributed by atoms with van der Waals surface area (Å²) in [5.74, 6) is -0.499. The van der Waals surface area contributed by atoms with Crippen LogP contribution in [0.5, 0.6) is 0 Å². The standard InChI is InChI=1S/C13H18F3NO2/c1-8-5-12(10(9(2)19)6-11(8)14)17(3-4-18)7-13(15)16/h5-6,9,13,18-19H,3-4,7H2,1-2H3/t9-/m0/s1. The molecule has 0 aliphatic rings. The number of aliphatic hydroxyl groups is 2. The molecule has 1 aromatic rings. The monoisotopic (exact) mass is 277 g/mol. The lowest BCUT2D eigenvalue weighted by molar-refractivity contribution is 0.152. The van der Waals surface area contributed by atoms with Crippen LogP contribution >= 0.6 is 0 Å². The molecule has 0 aliphatic carbocycles. The van der Waals surface area contributed by atoms with E-state index < -0.39 is 24.9 Å². The molecule has 0 bridgehead atoms. The molecule has 1 rings (SSSR count). The molecule has 3 nitrogen and oxygen atoms in total. The highest BCUT2D eigenvalue weighted by atomic mass is 19.3. The lowest BCUT2D eigenvalue weighted by Crippen LogP contribution is -2.32. The zero-order valence-corrected chi connectivity index (χ0v) is 10.9. The van der Waals surface area contributed by atoms with Crippen molar-refractivity contribution in [2.24, 2.45) is 0 Å². The molecule has 6 heteroatoms. The van der Waals surface area contributed by atoms with E-state index in [0.29, 0.717) is 11.3 Å². The molecule has 0 fully saturated rings. The van der Waals surface area contributed by atoms with Crippen LogP contribution in [0.4, 0.5) is 18.9 Å². The van der Waals surface area contributed by atoms with Crippen LogP contribution in [0.1, 0.15) is 24.2 Å². The molecule has 19 heavy (non-hydrogen) atoms. The first kappa shape index (κ1) is 15.8. The van der Waals surface area contributed by atoms with Gasteiger partial charge in [0.2, 0.25) is 0 Å². The van der Waals surface area contributed by atoms with Gasteiger partial charge in [-0.3, -0.25) is 0 Å². The van der Waals surface area contributed by atoms with Crippen molar-refractivity contribution in [3.63, 3.8) is 0 Å². The number of anilines is 1. The Morgan fingerprint density at radius 2 is 1.95 bits per heavy atom. The molecule has 0 spiro atoms. The van der Waals surface area contributed by atoms with Crippen LogP contribution in [0, 0.1) is 12.7 Å². The van der Waals surface area contributed by atoms with Crippen molar-refractivity contribution < 1.29 is 23.4 Å². The smallest absolute Gasteiger partial charge is 0.255 e. The maximum absolute atomic E-state index is 13.5. The number of hydrogen-bond acceptors (Lipinski definition) is 3. The van der Waals surface area contributed by atoms with Crippen LogP contribution in [-0.2, 0) is 0 Å². The van der Waals surface area contributed by atoms with E-state index >= 15 is 0 Å². The van der Waals surface area contributed by atoms with Gasteiger partial charge >= 0.3 is 0 Å². The van der Waals surface area contributed by atoms with Crippen LogP contribution < -0.4 is 4.90 Å². The summed E-state index contributed by atoms with van der Waals surface area (Å²) in [4.78, 5) is 1.25. The Morgan fingerprint density at radius 3 is 2.42 bits per heavy atom. The number of aryl methyl sites for hydroxylation is 1. The van der Waals surface area contributed by atoms with Crippen LogP contribution in [0.15, 0.2) is 12.1 Å². The van der Waals surface area contributed by atoms with Gasteiger partial charge in [-0.25, -0.2) is 13.2 Å². The second kappa shape index (κ2) is 6.77. The first-order chi connectivity index (χ1) is 8.86. The van der Waals surface area contributed by atoms with Gasteiger partial charge in [0, 0.05) is 17.8 Å². The fraction of sp³-hybridized carbons (Fsp3) is 0.538. The number of halogens is 3. The summed E-state index contributed by atoms with van der Waals surface area (Å²) in [5, 5.41) is 18.6. The average molecular weight is 277 g/mol.